The summed E-state index contributed by atoms with van der Waals surface area (Å²) in [6.45, 7) is 1.43. The quantitative estimate of drug-likeness (QED) is 0.511. The maximum Gasteiger partial charge on any atom is 0.0587 e. The summed E-state index contributed by atoms with van der Waals surface area (Å²) in [6, 6.07) is 1.75. The summed E-state index contributed by atoms with van der Waals surface area (Å²) >= 11 is 0. The number of nitrogens with zero attached hydrogens (tertiary/aromatic N) is 1. The summed E-state index contributed by atoms with van der Waals surface area (Å²) < 4.78 is 0. The maximum absolute atomic E-state index is 7.32. The molecular weight excluding hydrogens is 187 g/mol. The molecule has 0 atom stereocenters. The molecule has 0 aromatic carbocycles. The van der Waals surface area contributed by atoms with Crippen LogP contribution >= 0.6 is 0 Å². The Morgan fingerprint density at radius 3 is 1.60 bits per heavy atom. The second-order valence-corrected chi connectivity index (χ2v) is 0.224. The Bertz CT molecular complexity index is 31.1. The second-order valence-electron chi connectivity index (χ2n) is 0.224. The van der Waals surface area contributed by atoms with E-state index in [1.165, 1.54) is 6.92 Å². The zero-order chi connectivity index (χ0) is 2.71. The van der Waals surface area contributed by atoms with Crippen LogP contribution in [-0.4, -0.2) is 0 Å². The van der Waals surface area contributed by atoms with Gasteiger partial charge in [-0.05, 0) is 0 Å². The van der Waals surface area contributed by atoms with Gasteiger partial charge in [-0.1, -0.05) is 0 Å². The second kappa shape index (κ2) is 21.2. The molecule has 0 rings (SSSR count). The van der Waals surface area contributed by atoms with Crippen LogP contribution in [-0.2, 0) is 41.2 Å². The van der Waals surface area contributed by atoms with E-state index in [-0.39, 0.29) is 41.2 Å². The van der Waals surface area contributed by atoms with Crippen LogP contribution in [0.25, 0.3) is 0 Å². The fourth-order valence-corrected chi connectivity index (χ4v) is 0. The van der Waals surface area contributed by atoms with Gasteiger partial charge in [-0.15, -0.1) is 0 Å². The van der Waals surface area contributed by atoms with E-state index in [9.17, 15) is 0 Å². The number of hydrogen-bond donors (Lipinski definition) is 0. The first-order chi connectivity index (χ1) is 1.41. The molecule has 0 aliphatic heterocycles. The van der Waals surface area contributed by atoms with Crippen molar-refractivity contribution in [2.75, 3.05) is 0 Å². The SMILES string of the molecule is CC#N.[Ru].[Ti]. The summed E-state index contributed by atoms with van der Waals surface area (Å²) in [5, 5.41) is 7.32. The normalized spacial score (nSPS) is 1.60. The van der Waals surface area contributed by atoms with Crippen molar-refractivity contribution in [1.82, 2.24) is 0 Å². The minimum atomic E-state index is 0. The molecular formula is C2H3NRuTi. The summed E-state index contributed by atoms with van der Waals surface area (Å²) in [7, 11) is 0. The largest absolute Gasteiger partial charge is 0.199 e. The van der Waals surface area contributed by atoms with Gasteiger partial charge in [0, 0.05) is 48.1 Å². The third-order valence-electron chi connectivity index (χ3n) is 0. The van der Waals surface area contributed by atoms with E-state index in [1.807, 2.05) is 0 Å². The molecule has 1 nitrogen and oxygen atoms in total. The minimum Gasteiger partial charge on any atom is -0.199 e. The molecule has 0 saturated heterocycles. The van der Waals surface area contributed by atoms with Gasteiger partial charge in [-0.3, -0.25) is 0 Å². The molecule has 0 radical (unpaired) electrons. The van der Waals surface area contributed by atoms with E-state index >= 15 is 0 Å². The zero-order valence-corrected chi connectivity index (χ0v) is 6.10. The average molecular weight is 190 g/mol. The van der Waals surface area contributed by atoms with Crippen molar-refractivity contribution in [3.05, 3.63) is 0 Å². The minimum absolute atomic E-state index is 0. The van der Waals surface area contributed by atoms with Gasteiger partial charge < -0.3 is 0 Å². The van der Waals surface area contributed by atoms with Gasteiger partial charge in [-0.25, -0.2) is 0 Å². The molecule has 0 fully saturated rings. The first kappa shape index (κ1) is 17.0. The smallest absolute Gasteiger partial charge is 0.0587 e. The molecule has 0 bridgehead atoms. The Morgan fingerprint density at radius 1 is 1.60 bits per heavy atom. The van der Waals surface area contributed by atoms with Crippen LogP contribution in [0.2, 0.25) is 0 Å². The standard InChI is InChI=1S/C2H3N.Ru.Ti/c1-2-3;;/h1H3;;. The van der Waals surface area contributed by atoms with Crippen LogP contribution in [0.4, 0.5) is 0 Å². The Morgan fingerprint density at radius 2 is 1.60 bits per heavy atom. The van der Waals surface area contributed by atoms with Crippen molar-refractivity contribution < 1.29 is 41.2 Å². The van der Waals surface area contributed by atoms with Gasteiger partial charge in [-0.2, -0.15) is 5.26 Å². The maximum atomic E-state index is 7.32. The van der Waals surface area contributed by atoms with E-state index in [0.717, 1.165) is 0 Å². The summed E-state index contributed by atoms with van der Waals surface area (Å²) in [4.78, 5) is 0. The monoisotopic (exact) mass is 191 g/mol. The van der Waals surface area contributed by atoms with Crippen molar-refractivity contribution in [2.45, 2.75) is 6.92 Å². The fraction of sp³-hybridized carbons (Fsp3) is 0.500. The van der Waals surface area contributed by atoms with Crippen LogP contribution in [0.15, 0.2) is 0 Å². The molecule has 0 heterocycles. The van der Waals surface area contributed by atoms with Gasteiger partial charge in [0.1, 0.15) is 0 Å². The van der Waals surface area contributed by atoms with E-state index < -0.39 is 0 Å². The van der Waals surface area contributed by atoms with Crippen LogP contribution in [0.1, 0.15) is 6.92 Å². The third-order valence-corrected chi connectivity index (χ3v) is 0. The number of rotatable bonds is 0. The van der Waals surface area contributed by atoms with Crippen molar-refractivity contribution in [3.63, 3.8) is 0 Å². The predicted molar refractivity (Wildman–Crippen MR) is 11.3 cm³/mol. The van der Waals surface area contributed by atoms with Gasteiger partial charge in [0.25, 0.3) is 0 Å². The van der Waals surface area contributed by atoms with Gasteiger partial charge >= 0.3 is 0 Å². The molecule has 0 spiro atoms. The topological polar surface area (TPSA) is 23.8 Å². The molecule has 0 amide bonds. The number of hydrogen-bond acceptors (Lipinski definition) is 1. The van der Waals surface area contributed by atoms with E-state index in [2.05, 4.69) is 0 Å². The van der Waals surface area contributed by atoms with Crippen molar-refractivity contribution in [2.24, 2.45) is 0 Å². The molecule has 0 aliphatic rings. The van der Waals surface area contributed by atoms with Crippen LogP contribution in [0.5, 0.6) is 0 Å². The van der Waals surface area contributed by atoms with E-state index in [1.54, 1.807) is 6.07 Å². The Kier molecular flexibility index (Phi) is 71.9. The molecule has 0 aromatic heterocycles. The number of nitriles is 1. The Hall–Kier alpha value is 0.828. The van der Waals surface area contributed by atoms with Crippen molar-refractivity contribution >= 4 is 0 Å². The average Bonchev–Trinajstić information content (AvgIpc) is 0.918. The Balaban J connectivity index is -0.0000000200. The molecule has 0 aromatic rings. The summed E-state index contributed by atoms with van der Waals surface area (Å²) in [6.07, 6.45) is 0. The fourth-order valence-electron chi connectivity index (χ4n) is 0. The first-order valence-corrected chi connectivity index (χ1v) is 0.724. The van der Waals surface area contributed by atoms with Crippen LogP contribution in [0, 0.1) is 11.3 Å². The molecule has 0 unspecified atom stereocenters. The van der Waals surface area contributed by atoms with Crippen molar-refractivity contribution in [1.29, 1.82) is 5.26 Å². The molecule has 28 valence electrons. The van der Waals surface area contributed by atoms with Gasteiger partial charge in [0.05, 0.1) is 6.07 Å². The van der Waals surface area contributed by atoms with Crippen LogP contribution in [0.3, 0.4) is 0 Å². The van der Waals surface area contributed by atoms with Gasteiger partial charge in [0.15, 0.2) is 0 Å². The summed E-state index contributed by atoms with van der Waals surface area (Å²) in [5.74, 6) is 0. The molecule has 0 aliphatic carbocycles. The zero-order valence-electron chi connectivity index (χ0n) is 2.80. The molecule has 0 N–H and O–H groups in total. The predicted octanol–water partition coefficient (Wildman–Crippen LogP) is 0.525. The summed E-state index contributed by atoms with van der Waals surface area (Å²) in [5.41, 5.74) is 0. The van der Waals surface area contributed by atoms with Crippen LogP contribution < -0.4 is 0 Å². The third kappa shape index (κ3) is 56.3. The van der Waals surface area contributed by atoms with Gasteiger partial charge in [0.2, 0.25) is 0 Å². The molecule has 5 heavy (non-hydrogen) atoms. The van der Waals surface area contributed by atoms with E-state index in [4.69, 9.17) is 5.26 Å². The molecule has 0 saturated carbocycles. The molecule has 3 heteroatoms. The van der Waals surface area contributed by atoms with Crippen molar-refractivity contribution in [3.8, 4) is 6.07 Å². The van der Waals surface area contributed by atoms with E-state index in [0.29, 0.717) is 0 Å². The first-order valence-electron chi connectivity index (χ1n) is 0.724. The Labute approximate surface area is 59.4 Å².